The Morgan fingerprint density at radius 3 is 3.00 bits per heavy atom. The summed E-state index contributed by atoms with van der Waals surface area (Å²) in [4.78, 5) is 2.40. The highest BCUT2D eigenvalue weighted by molar-refractivity contribution is 5.41. The van der Waals surface area contributed by atoms with Gasteiger partial charge in [0.05, 0.1) is 18.7 Å². The van der Waals surface area contributed by atoms with Crippen molar-refractivity contribution in [1.29, 1.82) is 5.26 Å². The van der Waals surface area contributed by atoms with Gasteiger partial charge in [-0.25, -0.2) is 0 Å². The van der Waals surface area contributed by atoms with Crippen LogP contribution in [0.15, 0.2) is 18.2 Å². The highest BCUT2D eigenvalue weighted by Gasteiger charge is 2.20. The Balaban J connectivity index is 1.93. The van der Waals surface area contributed by atoms with Gasteiger partial charge in [-0.3, -0.25) is 0 Å². The van der Waals surface area contributed by atoms with Gasteiger partial charge in [0.2, 0.25) is 0 Å². The molecule has 19 heavy (non-hydrogen) atoms. The first kappa shape index (κ1) is 13.9. The van der Waals surface area contributed by atoms with Crippen molar-refractivity contribution in [2.45, 2.75) is 25.4 Å². The number of rotatable bonds is 5. The number of benzene rings is 1. The molecule has 2 rings (SSSR count). The average Bonchev–Trinajstić information content (AvgIpc) is 2.84. The van der Waals surface area contributed by atoms with Gasteiger partial charge >= 0.3 is 0 Å². The van der Waals surface area contributed by atoms with E-state index in [1.807, 2.05) is 12.1 Å². The van der Waals surface area contributed by atoms with Crippen molar-refractivity contribution in [3.8, 4) is 11.8 Å². The van der Waals surface area contributed by atoms with E-state index in [1.54, 1.807) is 13.2 Å². The molecule has 4 heteroatoms. The van der Waals surface area contributed by atoms with Gasteiger partial charge in [0.1, 0.15) is 5.75 Å². The zero-order valence-electron chi connectivity index (χ0n) is 11.6. The maximum Gasteiger partial charge on any atom is 0.123 e. The Labute approximate surface area is 115 Å². The Morgan fingerprint density at radius 1 is 1.53 bits per heavy atom. The third-order valence-electron chi connectivity index (χ3n) is 3.78. The van der Waals surface area contributed by atoms with Crippen molar-refractivity contribution in [2.24, 2.45) is 0 Å². The molecule has 102 valence electrons. The van der Waals surface area contributed by atoms with E-state index in [0.717, 1.165) is 24.4 Å². The predicted molar refractivity (Wildman–Crippen MR) is 75.1 cm³/mol. The van der Waals surface area contributed by atoms with E-state index in [9.17, 15) is 0 Å². The number of hydrogen-bond donors (Lipinski definition) is 1. The van der Waals surface area contributed by atoms with Crippen LogP contribution in [-0.2, 0) is 6.54 Å². The molecular formula is C15H21N3O. The Bertz CT molecular complexity index is 467. The second-order valence-corrected chi connectivity index (χ2v) is 5.05. The molecule has 1 aromatic rings. The zero-order chi connectivity index (χ0) is 13.7. The molecule has 1 aromatic carbocycles. The average molecular weight is 259 g/mol. The molecule has 0 aliphatic carbocycles. The summed E-state index contributed by atoms with van der Waals surface area (Å²) in [6.45, 7) is 2.92. The van der Waals surface area contributed by atoms with E-state index in [-0.39, 0.29) is 0 Å². The van der Waals surface area contributed by atoms with Crippen LogP contribution in [0, 0.1) is 11.3 Å². The summed E-state index contributed by atoms with van der Waals surface area (Å²) in [5.74, 6) is 0.839. The topological polar surface area (TPSA) is 48.3 Å². The van der Waals surface area contributed by atoms with Crippen LogP contribution < -0.4 is 10.1 Å². The van der Waals surface area contributed by atoms with E-state index in [4.69, 9.17) is 10.00 Å². The highest BCUT2D eigenvalue weighted by atomic mass is 16.5. The van der Waals surface area contributed by atoms with Crippen LogP contribution >= 0.6 is 0 Å². The predicted octanol–water partition coefficient (Wildman–Crippen LogP) is 1.75. The maximum absolute atomic E-state index is 8.94. The molecule has 0 radical (unpaired) electrons. The van der Waals surface area contributed by atoms with Gasteiger partial charge in [-0.15, -0.1) is 0 Å². The first-order valence-electron chi connectivity index (χ1n) is 6.72. The molecule has 1 aliphatic rings. The van der Waals surface area contributed by atoms with E-state index in [2.05, 4.69) is 23.3 Å². The van der Waals surface area contributed by atoms with Crippen LogP contribution in [0.25, 0.3) is 0 Å². The molecule has 0 bridgehead atoms. The lowest BCUT2D eigenvalue weighted by Gasteiger charge is -2.20. The van der Waals surface area contributed by atoms with Crippen LogP contribution in [0.5, 0.6) is 5.75 Å². The van der Waals surface area contributed by atoms with Crippen LogP contribution in [0.4, 0.5) is 0 Å². The SMILES string of the molecule is COc1ccc(C#N)cc1CNCC1CCCN1C. The molecule has 1 unspecified atom stereocenters. The number of nitrogens with zero attached hydrogens (tertiary/aromatic N) is 2. The lowest BCUT2D eigenvalue weighted by Crippen LogP contribution is -2.35. The second-order valence-electron chi connectivity index (χ2n) is 5.05. The largest absolute Gasteiger partial charge is 0.496 e. The van der Waals surface area contributed by atoms with Crippen molar-refractivity contribution in [3.05, 3.63) is 29.3 Å². The monoisotopic (exact) mass is 259 g/mol. The van der Waals surface area contributed by atoms with Crippen LogP contribution in [-0.4, -0.2) is 38.2 Å². The third kappa shape index (κ3) is 3.46. The van der Waals surface area contributed by atoms with Crippen molar-refractivity contribution in [2.75, 3.05) is 27.2 Å². The second kappa shape index (κ2) is 6.55. The first-order valence-corrected chi connectivity index (χ1v) is 6.72. The number of likely N-dealkylation sites (N-methyl/N-ethyl adjacent to an activating group) is 1. The van der Waals surface area contributed by atoms with E-state index in [0.29, 0.717) is 11.6 Å². The minimum absolute atomic E-state index is 0.630. The molecule has 0 amide bonds. The molecule has 0 aromatic heterocycles. The standard InChI is InChI=1S/C15H21N3O/c1-18-7-3-4-14(18)11-17-10-13-8-12(9-16)5-6-15(13)19-2/h5-6,8,14,17H,3-4,7,10-11H2,1-2H3. The van der Waals surface area contributed by atoms with Crippen molar-refractivity contribution < 1.29 is 4.74 Å². The molecular weight excluding hydrogens is 238 g/mol. The van der Waals surface area contributed by atoms with Gasteiger partial charge in [0.25, 0.3) is 0 Å². The van der Waals surface area contributed by atoms with Crippen molar-refractivity contribution in [3.63, 3.8) is 0 Å². The van der Waals surface area contributed by atoms with Gasteiger partial charge < -0.3 is 15.0 Å². The van der Waals surface area contributed by atoms with Crippen molar-refractivity contribution >= 4 is 0 Å². The fraction of sp³-hybridized carbons (Fsp3) is 0.533. The Hall–Kier alpha value is -1.57. The fourth-order valence-corrected chi connectivity index (χ4v) is 2.60. The molecule has 1 aliphatic heterocycles. The number of nitrogens with one attached hydrogen (secondary N) is 1. The van der Waals surface area contributed by atoms with E-state index < -0.39 is 0 Å². The van der Waals surface area contributed by atoms with Gasteiger partial charge in [0.15, 0.2) is 0 Å². The number of nitriles is 1. The minimum Gasteiger partial charge on any atom is -0.496 e. The number of methoxy groups -OCH3 is 1. The normalized spacial score (nSPS) is 19.3. The number of hydrogen-bond acceptors (Lipinski definition) is 4. The van der Waals surface area contributed by atoms with Crippen molar-refractivity contribution in [1.82, 2.24) is 10.2 Å². The van der Waals surface area contributed by atoms with Gasteiger partial charge in [-0.1, -0.05) is 0 Å². The maximum atomic E-state index is 8.94. The smallest absolute Gasteiger partial charge is 0.123 e. The summed E-state index contributed by atoms with van der Waals surface area (Å²) >= 11 is 0. The summed E-state index contributed by atoms with van der Waals surface area (Å²) < 4.78 is 5.33. The summed E-state index contributed by atoms with van der Waals surface area (Å²) in [6, 6.07) is 8.33. The first-order chi connectivity index (χ1) is 9.24. The summed E-state index contributed by atoms with van der Waals surface area (Å²) in [6.07, 6.45) is 2.55. The minimum atomic E-state index is 0.630. The summed E-state index contributed by atoms with van der Waals surface area (Å²) in [5.41, 5.74) is 1.72. The zero-order valence-corrected chi connectivity index (χ0v) is 11.6. The molecule has 4 nitrogen and oxygen atoms in total. The molecule has 1 N–H and O–H groups in total. The quantitative estimate of drug-likeness (QED) is 0.875. The lowest BCUT2D eigenvalue weighted by molar-refractivity contribution is 0.299. The van der Waals surface area contributed by atoms with Crippen LogP contribution in [0.2, 0.25) is 0 Å². The van der Waals surface area contributed by atoms with E-state index >= 15 is 0 Å². The molecule has 0 spiro atoms. The molecule has 1 saturated heterocycles. The van der Waals surface area contributed by atoms with Crippen LogP contribution in [0.3, 0.4) is 0 Å². The van der Waals surface area contributed by atoms with Gasteiger partial charge in [-0.05, 0) is 44.6 Å². The molecule has 1 fully saturated rings. The molecule has 1 atom stereocenters. The Morgan fingerprint density at radius 2 is 2.37 bits per heavy atom. The lowest BCUT2D eigenvalue weighted by atomic mass is 10.1. The van der Waals surface area contributed by atoms with Crippen LogP contribution in [0.1, 0.15) is 24.0 Å². The molecule has 1 heterocycles. The fourth-order valence-electron chi connectivity index (χ4n) is 2.60. The summed E-state index contributed by atoms with van der Waals surface area (Å²) in [7, 11) is 3.84. The molecule has 0 saturated carbocycles. The highest BCUT2D eigenvalue weighted by Crippen LogP contribution is 2.20. The summed E-state index contributed by atoms with van der Waals surface area (Å²) in [5, 5.41) is 12.4. The van der Waals surface area contributed by atoms with Gasteiger partial charge in [-0.2, -0.15) is 5.26 Å². The van der Waals surface area contributed by atoms with Gasteiger partial charge in [0, 0.05) is 24.7 Å². The van der Waals surface area contributed by atoms with E-state index in [1.165, 1.54) is 19.4 Å². The third-order valence-corrected chi connectivity index (χ3v) is 3.78. The number of ether oxygens (including phenoxy) is 1. The number of likely N-dealkylation sites (tertiary alicyclic amines) is 1. The Kier molecular flexibility index (Phi) is 4.78.